The van der Waals surface area contributed by atoms with Crippen LogP contribution in [0.15, 0.2) is 12.1 Å². The molecule has 0 fully saturated rings. The van der Waals surface area contributed by atoms with Gasteiger partial charge >= 0.3 is 11.9 Å². The van der Waals surface area contributed by atoms with Crippen LogP contribution in [0.25, 0.3) is 0 Å². The lowest BCUT2D eigenvalue weighted by atomic mass is 9.98. The molecule has 0 aliphatic rings. The van der Waals surface area contributed by atoms with E-state index < -0.39 is 46.1 Å². The number of carbonyl (C=O) groups excluding carboxylic acids is 4. The second-order valence-electron chi connectivity index (χ2n) is 3.50. The summed E-state index contributed by atoms with van der Waals surface area (Å²) in [7, 11) is 2.02. The maximum Gasteiger partial charge on any atom is 0.338 e. The van der Waals surface area contributed by atoms with E-state index in [2.05, 4.69) is 9.47 Å². The third-order valence-corrected chi connectivity index (χ3v) is 2.41. The molecule has 0 aliphatic heterocycles. The van der Waals surface area contributed by atoms with Crippen molar-refractivity contribution in [2.45, 2.75) is 0 Å². The SMILES string of the molecule is COC(=O)c1cc(C(=O)[O-])c(C(=O)[O-])cc1C(=O)OC. The largest absolute Gasteiger partial charge is 0.545 e. The van der Waals surface area contributed by atoms with Gasteiger partial charge in [0.2, 0.25) is 0 Å². The van der Waals surface area contributed by atoms with E-state index in [0.717, 1.165) is 14.2 Å². The summed E-state index contributed by atoms with van der Waals surface area (Å²) in [5.74, 6) is -5.74. The number of carboxylic acid groups (broad SMARTS) is 2. The average molecular weight is 280 g/mol. The lowest BCUT2D eigenvalue weighted by Gasteiger charge is -2.15. The minimum Gasteiger partial charge on any atom is -0.545 e. The van der Waals surface area contributed by atoms with Gasteiger partial charge < -0.3 is 29.3 Å². The van der Waals surface area contributed by atoms with Gasteiger partial charge in [-0.05, 0) is 12.1 Å². The molecule has 8 nitrogen and oxygen atoms in total. The van der Waals surface area contributed by atoms with Crippen LogP contribution in [-0.2, 0) is 9.47 Å². The lowest BCUT2D eigenvalue weighted by Crippen LogP contribution is -2.31. The van der Waals surface area contributed by atoms with Gasteiger partial charge in [-0.1, -0.05) is 0 Å². The highest BCUT2D eigenvalue weighted by Gasteiger charge is 2.22. The molecule has 0 N–H and O–H groups in total. The molecule has 0 unspecified atom stereocenters. The summed E-state index contributed by atoms with van der Waals surface area (Å²) in [6.07, 6.45) is 0. The van der Waals surface area contributed by atoms with Crippen LogP contribution in [0.3, 0.4) is 0 Å². The molecule has 0 amide bonds. The Hall–Kier alpha value is -2.90. The predicted octanol–water partition coefficient (Wildman–Crippen LogP) is -2.01. The monoisotopic (exact) mass is 280 g/mol. The lowest BCUT2D eigenvalue weighted by molar-refractivity contribution is -0.259. The highest BCUT2D eigenvalue weighted by Crippen LogP contribution is 2.19. The summed E-state index contributed by atoms with van der Waals surface area (Å²) in [4.78, 5) is 44.7. The molecule has 0 spiro atoms. The van der Waals surface area contributed by atoms with Crippen LogP contribution < -0.4 is 10.2 Å². The Labute approximate surface area is 112 Å². The van der Waals surface area contributed by atoms with Crippen LogP contribution >= 0.6 is 0 Å². The third kappa shape index (κ3) is 2.74. The molecule has 1 aromatic carbocycles. The smallest absolute Gasteiger partial charge is 0.338 e. The maximum atomic E-state index is 11.5. The van der Waals surface area contributed by atoms with Crippen molar-refractivity contribution in [2.75, 3.05) is 14.2 Å². The fourth-order valence-corrected chi connectivity index (χ4v) is 1.50. The van der Waals surface area contributed by atoms with E-state index in [4.69, 9.17) is 0 Å². The molecule has 1 aromatic rings. The zero-order valence-corrected chi connectivity index (χ0v) is 10.4. The number of methoxy groups -OCH3 is 2. The van der Waals surface area contributed by atoms with Gasteiger partial charge in [0.25, 0.3) is 0 Å². The second-order valence-corrected chi connectivity index (χ2v) is 3.50. The molecule has 0 saturated heterocycles. The quantitative estimate of drug-likeness (QED) is 0.577. The molecule has 0 bridgehead atoms. The molecule has 0 atom stereocenters. The van der Waals surface area contributed by atoms with Crippen molar-refractivity contribution in [3.05, 3.63) is 34.4 Å². The minimum absolute atomic E-state index is 0.455. The second kappa shape index (κ2) is 5.83. The molecule has 0 aromatic heterocycles. The van der Waals surface area contributed by atoms with Gasteiger partial charge in [-0.2, -0.15) is 0 Å². The maximum absolute atomic E-state index is 11.5. The number of hydrogen-bond donors (Lipinski definition) is 0. The van der Waals surface area contributed by atoms with E-state index in [0.29, 0.717) is 12.1 Å². The van der Waals surface area contributed by atoms with Gasteiger partial charge in [-0.25, -0.2) is 9.59 Å². The predicted molar refractivity (Wildman–Crippen MR) is 57.8 cm³/mol. The first-order valence-corrected chi connectivity index (χ1v) is 5.10. The Morgan fingerprint density at radius 3 is 1.25 bits per heavy atom. The van der Waals surface area contributed by atoms with Crippen LogP contribution in [0.2, 0.25) is 0 Å². The molecule has 0 aliphatic carbocycles. The summed E-state index contributed by atoms with van der Waals surface area (Å²) < 4.78 is 8.77. The average Bonchev–Trinajstić information content (AvgIpc) is 2.43. The summed E-state index contributed by atoms with van der Waals surface area (Å²) in [6.45, 7) is 0. The zero-order chi connectivity index (χ0) is 15.4. The van der Waals surface area contributed by atoms with Gasteiger partial charge in [-0.15, -0.1) is 0 Å². The van der Waals surface area contributed by atoms with Crippen molar-refractivity contribution in [2.24, 2.45) is 0 Å². The van der Waals surface area contributed by atoms with E-state index in [1.165, 1.54) is 0 Å². The fourth-order valence-electron chi connectivity index (χ4n) is 1.50. The first kappa shape index (κ1) is 15.2. The van der Waals surface area contributed by atoms with Gasteiger partial charge in [0.05, 0.1) is 37.3 Å². The number of carbonyl (C=O) groups is 4. The third-order valence-electron chi connectivity index (χ3n) is 2.41. The topological polar surface area (TPSA) is 133 Å². The Kier molecular flexibility index (Phi) is 4.42. The highest BCUT2D eigenvalue weighted by atomic mass is 16.5. The van der Waals surface area contributed by atoms with Crippen molar-refractivity contribution in [3.63, 3.8) is 0 Å². The van der Waals surface area contributed by atoms with Crippen molar-refractivity contribution < 1.29 is 38.9 Å². The Balaban J connectivity index is 3.69. The minimum atomic E-state index is -1.84. The van der Waals surface area contributed by atoms with Crippen LogP contribution in [-0.4, -0.2) is 38.1 Å². The number of rotatable bonds is 4. The molecule has 8 heteroatoms. The van der Waals surface area contributed by atoms with Gasteiger partial charge in [0.15, 0.2) is 0 Å². The van der Waals surface area contributed by atoms with Crippen LogP contribution in [0.4, 0.5) is 0 Å². The van der Waals surface area contributed by atoms with E-state index in [1.54, 1.807) is 0 Å². The summed E-state index contributed by atoms with van der Waals surface area (Å²) in [6, 6.07) is 1.33. The van der Waals surface area contributed by atoms with Crippen LogP contribution in [0.1, 0.15) is 41.4 Å². The molecular formula is C12H8O8-2. The van der Waals surface area contributed by atoms with Crippen LogP contribution in [0, 0.1) is 0 Å². The molecule has 106 valence electrons. The van der Waals surface area contributed by atoms with E-state index in [1.807, 2.05) is 0 Å². The number of aromatic carboxylic acids is 2. The highest BCUT2D eigenvalue weighted by molar-refractivity contribution is 6.09. The number of esters is 2. The number of ether oxygens (including phenoxy) is 2. The van der Waals surface area contributed by atoms with Crippen LogP contribution in [0.5, 0.6) is 0 Å². The zero-order valence-electron chi connectivity index (χ0n) is 10.4. The normalized spacial score (nSPS) is 9.70. The van der Waals surface area contributed by atoms with Gasteiger partial charge in [0.1, 0.15) is 0 Å². The molecular weight excluding hydrogens is 272 g/mol. The van der Waals surface area contributed by atoms with Crippen molar-refractivity contribution in [1.82, 2.24) is 0 Å². The first-order chi connectivity index (χ1) is 9.33. The van der Waals surface area contributed by atoms with Crippen molar-refractivity contribution >= 4 is 23.9 Å². The van der Waals surface area contributed by atoms with E-state index >= 15 is 0 Å². The molecule has 1 rings (SSSR count). The summed E-state index contributed by atoms with van der Waals surface area (Å²) >= 11 is 0. The molecule has 0 saturated carbocycles. The fraction of sp³-hybridized carbons (Fsp3) is 0.167. The Morgan fingerprint density at radius 2 is 1.05 bits per heavy atom. The molecule has 0 radical (unpaired) electrons. The van der Waals surface area contributed by atoms with Gasteiger partial charge in [-0.3, -0.25) is 0 Å². The number of benzene rings is 1. The number of carboxylic acids is 2. The van der Waals surface area contributed by atoms with Crippen molar-refractivity contribution in [3.8, 4) is 0 Å². The van der Waals surface area contributed by atoms with E-state index in [-0.39, 0.29) is 0 Å². The summed E-state index contributed by atoms with van der Waals surface area (Å²) in [5, 5.41) is 21.7. The standard InChI is InChI=1S/C12H10O8/c1-19-11(17)7-3-5(9(13)14)6(10(15)16)4-8(7)12(18)20-2/h3-4H,1-2H3,(H,13,14)(H,15,16)/p-2. The first-order valence-electron chi connectivity index (χ1n) is 5.10. The summed E-state index contributed by atoms with van der Waals surface area (Å²) in [5.41, 5.74) is -2.52. The Morgan fingerprint density at radius 1 is 0.750 bits per heavy atom. The Bertz CT molecular complexity index is 549. The van der Waals surface area contributed by atoms with Crippen molar-refractivity contribution in [1.29, 1.82) is 0 Å². The molecule has 0 heterocycles. The molecule has 20 heavy (non-hydrogen) atoms. The number of hydrogen-bond acceptors (Lipinski definition) is 8. The van der Waals surface area contributed by atoms with Gasteiger partial charge in [0, 0.05) is 11.1 Å². The van der Waals surface area contributed by atoms with E-state index in [9.17, 15) is 29.4 Å².